The average Bonchev–Trinajstić information content (AvgIpc) is 2.95. The van der Waals surface area contributed by atoms with Crippen LogP contribution in [-0.4, -0.2) is 33.3 Å². The van der Waals surface area contributed by atoms with E-state index in [4.69, 9.17) is 9.15 Å². The van der Waals surface area contributed by atoms with Crippen LogP contribution in [-0.2, 0) is 0 Å². The molecule has 4 atom stereocenters. The van der Waals surface area contributed by atoms with E-state index in [2.05, 4.69) is 0 Å². The summed E-state index contributed by atoms with van der Waals surface area (Å²) >= 11 is 0. The van der Waals surface area contributed by atoms with Gasteiger partial charge in [-0.1, -0.05) is 6.92 Å². The summed E-state index contributed by atoms with van der Waals surface area (Å²) in [6.07, 6.45) is -0.627. The first-order valence-corrected chi connectivity index (χ1v) is 8.36. The third-order valence-corrected chi connectivity index (χ3v) is 5.73. The van der Waals surface area contributed by atoms with Crippen LogP contribution < -0.4 is 10.4 Å². The number of ketones is 1. The molecule has 0 amide bonds. The zero-order chi connectivity index (χ0) is 18.1. The molecule has 0 bridgehead atoms. The topological polar surface area (TPSA) is 97.0 Å². The van der Waals surface area contributed by atoms with Crippen molar-refractivity contribution in [2.45, 2.75) is 44.5 Å². The summed E-state index contributed by atoms with van der Waals surface area (Å²) in [6.45, 7) is 5.02. The molecule has 6 heteroatoms. The zero-order valence-corrected chi connectivity index (χ0v) is 14.3. The number of ether oxygens (including phenoxy) is 1. The first kappa shape index (κ1) is 16.3. The Hall–Kier alpha value is -2.18. The highest BCUT2D eigenvalue weighted by Gasteiger charge is 2.63. The number of Topliss-reactive ketones (excluding diaryl/α,β-unsaturated/α-hetero) is 1. The van der Waals surface area contributed by atoms with Gasteiger partial charge in [0.15, 0.2) is 5.60 Å². The Morgan fingerprint density at radius 1 is 1.24 bits per heavy atom. The monoisotopic (exact) mass is 344 g/mol. The van der Waals surface area contributed by atoms with Crippen molar-refractivity contribution in [3.05, 3.63) is 40.2 Å². The van der Waals surface area contributed by atoms with Gasteiger partial charge in [0.1, 0.15) is 11.3 Å². The molecule has 132 valence electrons. The summed E-state index contributed by atoms with van der Waals surface area (Å²) in [6, 6.07) is 6.11. The third kappa shape index (κ3) is 2.17. The van der Waals surface area contributed by atoms with Gasteiger partial charge >= 0.3 is 5.63 Å². The lowest BCUT2D eigenvalue weighted by atomic mass is 9.85. The molecule has 2 N–H and O–H groups in total. The summed E-state index contributed by atoms with van der Waals surface area (Å²) in [4.78, 5) is 24.6. The molecule has 1 aliphatic heterocycles. The van der Waals surface area contributed by atoms with Gasteiger partial charge in [-0.2, -0.15) is 0 Å². The Balaban J connectivity index is 1.82. The Kier molecular flexibility index (Phi) is 3.21. The van der Waals surface area contributed by atoms with E-state index >= 15 is 0 Å². The highest BCUT2D eigenvalue weighted by atomic mass is 16.5. The van der Waals surface area contributed by atoms with Crippen LogP contribution in [0.3, 0.4) is 0 Å². The number of aliphatic hydroxyl groups is 2. The average molecular weight is 344 g/mol. The molecule has 2 heterocycles. The van der Waals surface area contributed by atoms with Crippen LogP contribution in [0, 0.1) is 11.8 Å². The van der Waals surface area contributed by atoms with Crippen LogP contribution in [0.25, 0.3) is 11.0 Å². The Labute approximate surface area is 144 Å². The van der Waals surface area contributed by atoms with E-state index in [1.165, 1.54) is 6.07 Å². The summed E-state index contributed by atoms with van der Waals surface area (Å²) in [7, 11) is 0. The molecule has 6 nitrogen and oxygen atoms in total. The van der Waals surface area contributed by atoms with Crippen LogP contribution in [0.15, 0.2) is 33.5 Å². The van der Waals surface area contributed by atoms with Crippen molar-refractivity contribution >= 4 is 16.8 Å². The van der Waals surface area contributed by atoms with Crippen molar-refractivity contribution in [2.75, 3.05) is 0 Å². The fourth-order valence-corrected chi connectivity index (χ4v) is 4.19. The second-order valence-electron chi connectivity index (χ2n) is 7.70. The largest absolute Gasteiger partial charge is 0.478 e. The van der Waals surface area contributed by atoms with Crippen molar-refractivity contribution in [1.29, 1.82) is 0 Å². The van der Waals surface area contributed by atoms with E-state index in [9.17, 15) is 19.8 Å². The Morgan fingerprint density at radius 2 is 1.96 bits per heavy atom. The molecular formula is C19H20O6. The molecule has 0 unspecified atom stereocenters. The summed E-state index contributed by atoms with van der Waals surface area (Å²) in [5.74, 6) is -0.803. The predicted octanol–water partition coefficient (Wildman–Crippen LogP) is 1.89. The second-order valence-corrected chi connectivity index (χ2v) is 7.70. The van der Waals surface area contributed by atoms with Crippen LogP contribution >= 0.6 is 0 Å². The van der Waals surface area contributed by atoms with E-state index < -0.39 is 34.8 Å². The van der Waals surface area contributed by atoms with Gasteiger partial charge in [-0.05, 0) is 26.0 Å². The molecule has 1 spiro atoms. The maximum absolute atomic E-state index is 13.1. The minimum Gasteiger partial charge on any atom is -0.478 e. The van der Waals surface area contributed by atoms with Gasteiger partial charge in [-0.15, -0.1) is 0 Å². The molecule has 1 fully saturated rings. The maximum Gasteiger partial charge on any atom is 0.336 e. The van der Waals surface area contributed by atoms with E-state index in [-0.39, 0.29) is 12.2 Å². The SMILES string of the molecule is C[C@H]1[C@H](O)[C@@H](C(C)(C)O)C[C@@]12Oc1cc3oc(=O)ccc3cc1C2=O. The zero-order valence-electron chi connectivity index (χ0n) is 14.3. The minimum absolute atomic E-state index is 0.200. The lowest BCUT2D eigenvalue weighted by Gasteiger charge is -2.28. The summed E-state index contributed by atoms with van der Waals surface area (Å²) in [5, 5.41) is 21.6. The number of hydrogen-bond donors (Lipinski definition) is 2. The Morgan fingerprint density at radius 3 is 2.60 bits per heavy atom. The molecule has 0 saturated heterocycles. The van der Waals surface area contributed by atoms with Crippen LogP contribution in [0.1, 0.15) is 37.6 Å². The standard InChI is InChI=1S/C19H20O6/c1-9-16(21)12(18(2,3)23)8-19(9)17(22)11-6-10-4-5-15(20)24-13(10)7-14(11)25-19/h4-7,9,12,16,21,23H,8H2,1-3H3/t9-,12-,16-,19+/m0/s1. The smallest absolute Gasteiger partial charge is 0.336 e. The van der Waals surface area contributed by atoms with Crippen molar-refractivity contribution in [3.8, 4) is 5.75 Å². The van der Waals surface area contributed by atoms with Gasteiger partial charge in [-0.25, -0.2) is 4.79 Å². The molecule has 25 heavy (non-hydrogen) atoms. The fraction of sp³-hybridized carbons (Fsp3) is 0.474. The highest BCUT2D eigenvalue weighted by Crippen LogP contribution is 2.52. The third-order valence-electron chi connectivity index (χ3n) is 5.73. The lowest BCUT2D eigenvalue weighted by molar-refractivity contribution is -0.0406. The fourth-order valence-electron chi connectivity index (χ4n) is 4.19. The van der Waals surface area contributed by atoms with Gasteiger partial charge < -0.3 is 19.4 Å². The normalized spacial score (nSPS) is 31.6. The molecule has 1 saturated carbocycles. The number of fused-ring (bicyclic) bond motifs is 2. The van der Waals surface area contributed by atoms with E-state index in [1.807, 2.05) is 0 Å². The molecule has 1 aliphatic carbocycles. The van der Waals surface area contributed by atoms with Gasteiger partial charge in [-0.3, -0.25) is 4.79 Å². The van der Waals surface area contributed by atoms with Crippen LogP contribution in [0.2, 0.25) is 0 Å². The van der Waals surface area contributed by atoms with Gasteiger partial charge in [0.25, 0.3) is 0 Å². The van der Waals surface area contributed by atoms with Gasteiger partial charge in [0, 0.05) is 35.8 Å². The van der Waals surface area contributed by atoms with Crippen LogP contribution in [0.4, 0.5) is 0 Å². The number of aliphatic hydroxyl groups excluding tert-OH is 1. The number of carbonyl (C=O) groups is 1. The quantitative estimate of drug-likeness (QED) is 0.767. The first-order chi connectivity index (χ1) is 11.6. The van der Waals surface area contributed by atoms with Gasteiger partial charge in [0.2, 0.25) is 5.78 Å². The molecule has 4 rings (SSSR count). The minimum atomic E-state index is -1.20. The number of rotatable bonds is 1. The van der Waals surface area contributed by atoms with Crippen molar-refractivity contribution in [3.63, 3.8) is 0 Å². The molecular weight excluding hydrogens is 324 g/mol. The molecule has 1 aromatic heterocycles. The van der Waals surface area contributed by atoms with Crippen LogP contribution in [0.5, 0.6) is 5.75 Å². The number of carbonyl (C=O) groups excluding carboxylic acids is 1. The second kappa shape index (κ2) is 4.93. The highest BCUT2D eigenvalue weighted by molar-refractivity contribution is 6.10. The van der Waals surface area contributed by atoms with Crippen molar-refractivity contribution in [2.24, 2.45) is 11.8 Å². The van der Waals surface area contributed by atoms with Crippen molar-refractivity contribution in [1.82, 2.24) is 0 Å². The Bertz CT molecular complexity index is 937. The first-order valence-electron chi connectivity index (χ1n) is 8.36. The molecule has 2 aliphatic rings. The molecule has 0 radical (unpaired) electrons. The number of hydrogen-bond acceptors (Lipinski definition) is 6. The van der Waals surface area contributed by atoms with E-state index in [0.717, 1.165) is 0 Å². The molecule has 2 aromatic rings. The summed E-state index contributed by atoms with van der Waals surface area (Å²) < 4.78 is 11.2. The predicted molar refractivity (Wildman–Crippen MR) is 89.7 cm³/mol. The summed E-state index contributed by atoms with van der Waals surface area (Å²) in [5.41, 5.74) is -2.05. The van der Waals surface area contributed by atoms with E-state index in [0.29, 0.717) is 22.3 Å². The maximum atomic E-state index is 13.1. The van der Waals surface area contributed by atoms with E-state index in [1.54, 1.807) is 39.0 Å². The van der Waals surface area contributed by atoms with Crippen molar-refractivity contribution < 1.29 is 24.2 Å². The number of benzene rings is 1. The molecule has 1 aromatic carbocycles. The lowest BCUT2D eigenvalue weighted by Crippen LogP contribution is -2.44. The van der Waals surface area contributed by atoms with Gasteiger partial charge in [0.05, 0.1) is 17.3 Å².